The standard InChI is InChI=1S/C34H31F3N4O2S/c1-3-40-30(25-11-9-23(10-12-25)24-13-15-26(16-14-24)34(35,36)37)19-38-31(40)20-41-29-6-4-5-28(29)32(42)39-33(41)44-21-22-7-17-27(43-2)18-8-22/h7-19H,3-6,20-21H2,1-2H3. The maximum atomic E-state index is 13.0. The van der Waals surface area contributed by atoms with Crippen molar-refractivity contribution in [2.24, 2.45) is 0 Å². The molecule has 0 saturated heterocycles. The molecule has 0 bridgehead atoms. The summed E-state index contributed by atoms with van der Waals surface area (Å²) in [5.41, 5.74) is 5.59. The van der Waals surface area contributed by atoms with Crippen LogP contribution in [0.5, 0.6) is 5.75 Å². The Bertz CT molecular complexity index is 1830. The van der Waals surface area contributed by atoms with Gasteiger partial charge in [-0.2, -0.15) is 18.2 Å². The molecule has 44 heavy (non-hydrogen) atoms. The number of methoxy groups -OCH3 is 1. The molecule has 3 aromatic carbocycles. The van der Waals surface area contributed by atoms with E-state index in [9.17, 15) is 18.0 Å². The van der Waals surface area contributed by atoms with Crippen molar-refractivity contribution in [3.63, 3.8) is 0 Å². The predicted molar refractivity (Wildman–Crippen MR) is 166 cm³/mol. The van der Waals surface area contributed by atoms with Crippen LogP contribution in [0.3, 0.4) is 0 Å². The van der Waals surface area contributed by atoms with Gasteiger partial charge >= 0.3 is 6.18 Å². The highest BCUT2D eigenvalue weighted by Gasteiger charge is 2.30. The zero-order chi connectivity index (χ0) is 30.8. The van der Waals surface area contributed by atoms with Crippen molar-refractivity contribution in [2.75, 3.05) is 7.11 Å². The molecule has 0 unspecified atom stereocenters. The summed E-state index contributed by atoms with van der Waals surface area (Å²) in [7, 11) is 1.64. The molecule has 0 fully saturated rings. The Morgan fingerprint density at radius 2 is 1.55 bits per heavy atom. The van der Waals surface area contributed by atoms with E-state index in [1.54, 1.807) is 18.9 Å². The highest BCUT2D eigenvalue weighted by Crippen LogP contribution is 2.32. The highest BCUT2D eigenvalue weighted by atomic mass is 32.2. The van der Waals surface area contributed by atoms with E-state index >= 15 is 0 Å². The van der Waals surface area contributed by atoms with Crippen molar-refractivity contribution in [3.05, 3.63) is 118 Å². The van der Waals surface area contributed by atoms with Crippen molar-refractivity contribution in [1.29, 1.82) is 0 Å². The molecule has 0 radical (unpaired) electrons. The zero-order valence-electron chi connectivity index (χ0n) is 24.4. The lowest BCUT2D eigenvalue weighted by Gasteiger charge is -2.18. The topological polar surface area (TPSA) is 61.9 Å². The lowest BCUT2D eigenvalue weighted by molar-refractivity contribution is -0.137. The third kappa shape index (κ3) is 6.04. The van der Waals surface area contributed by atoms with E-state index in [4.69, 9.17) is 9.72 Å². The molecule has 10 heteroatoms. The molecule has 6 rings (SSSR count). The maximum Gasteiger partial charge on any atom is 0.416 e. The summed E-state index contributed by atoms with van der Waals surface area (Å²) >= 11 is 1.54. The molecule has 6 nitrogen and oxygen atoms in total. The number of fused-ring (bicyclic) bond motifs is 1. The first-order valence-corrected chi connectivity index (χ1v) is 15.4. The Kier molecular flexibility index (Phi) is 8.35. The average Bonchev–Trinajstić information content (AvgIpc) is 3.69. The van der Waals surface area contributed by atoms with Gasteiger partial charge in [0.1, 0.15) is 11.6 Å². The molecule has 0 atom stereocenters. The summed E-state index contributed by atoms with van der Waals surface area (Å²) < 4.78 is 48.5. The molecule has 0 spiro atoms. The summed E-state index contributed by atoms with van der Waals surface area (Å²) in [6, 6.07) is 20.8. The summed E-state index contributed by atoms with van der Waals surface area (Å²) in [5, 5.41) is 0.680. The minimum absolute atomic E-state index is 0.140. The molecule has 0 amide bonds. The Balaban J connectivity index is 1.27. The number of benzene rings is 3. The van der Waals surface area contributed by atoms with Crippen molar-refractivity contribution < 1.29 is 17.9 Å². The van der Waals surface area contributed by atoms with E-state index in [1.165, 1.54) is 12.1 Å². The van der Waals surface area contributed by atoms with Crippen LogP contribution >= 0.6 is 11.8 Å². The van der Waals surface area contributed by atoms with Gasteiger partial charge < -0.3 is 13.9 Å². The van der Waals surface area contributed by atoms with Crippen LogP contribution in [-0.2, 0) is 37.9 Å². The van der Waals surface area contributed by atoms with Gasteiger partial charge in [-0.05, 0) is 72.7 Å². The number of halogens is 3. The minimum Gasteiger partial charge on any atom is -0.497 e. The lowest BCUT2D eigenvalue weighted by Crippen LogP contribution is -2.23. The van der Waals surface area contributed by atoms with Crippen LogP contribution in [0.25, 0.3) is 22.4 Å². The molecule has 0 aliphatic heterocycles. The fraction of sp³-hybridized carbons (Fsp3) is 0.265. The van der Waals surface area contributed by atoms with Crippen molar-refractivity contribution >= 4 is 11.8 Å². The summed E-state index contributed by atoms with van der Waals surface area (Å²) in [6.07, 6.45) is -0.0123. The molecule has 5 aromatic rings. The van der Waals surface area contributed by atoms with Crippen LogP contribution in [0.2, 0.25) is 0 Å². The molecule has 0 saturated carbocycles. The van der Waals surface area contributed by atoms with Crippen LogP contribution in [0.4, 0.5) is 13.2 Å². The normalized spacial score (nSPS) is 12.8. The second-order valence-corrected chi connectivity index (χ2v) is 11.6. The van der Waals surface area contributed by atoms with Crippen LogP contribution in [0.1, 0.15) is 41.6 Å². The lowest BCUT2D eigenvalue weighted by atomic mass is 10.0. The van der Waals surface area contributed by atoms with E-state index in [2.05, 4.69) is 21.0 Å². The number of ether oxygens (including phenoxy) is 1. The van der Waals surface area contributed by atoms with Gasteiger partial charge in [-0.3, -0.25) is 4.79 Å². The average molecular weight is 617 g/mol. The van der Waals surface area contributed by atoms with Gasteiger partial charge in [-0.15, -0.1) is 0 Å². The van der Waals surface area contributed by atoms with Gasteiger partial charge in [-0.25, -0.2) is 4.98 Å². The fourth-order valence-corrected chi connectivity index (χ4v) is 6.65. The highest BCUT2D eigenvalue weighted by molar-refractivity contribution is 7.98. The smallest absolute Gasteiger partial charge is 0.416 e. The number of hydrogen-bond acceptors (Lipinski definition) is 5. The molecule has 226 valence electrons. The van der Waals surface area contributed by atoms with Crippen LogP contribution in [-0.4, -0.2) is 26.2 Å². The number of aromatic nitrogens is 4. The third-order valence-electron chi connectivity index (χ3n) is 8.01. The van der Waals surface area contributed by atoms with E-state index in [-0.39, 0.29) is 5.56 Å². The van der Waals surface area contributed by atoms with Gasteiger partial charge in [0.25, 0.3) is 5.56 Å². The van der Waals surface area contributed by atoms with E-state index in [0.717, 1.165) is 76.6 Å². The van der Waals surface area contributed by atoms with Crippen LogP contribution in [0.15, 0.2) is 88.9 Å². The predicted octanol–water partition coefficient (Wildman–Crippen LogP) is 7.65. The second-order valence-electron chi connectivity index (χ2n) is 10.7. The first kappa shape index (κ1) is 29.7. The molecule has 1 aliphatic carbocycles. The number of thioether (sulfide) groups is 1. The monoisotopic (exact) mass is 616 g/mol. The summed E-state index contributed by atoms with van der Waals surface area (Å²) in [5.74, 6) is 2.32. The van der Waals surface area contributed by atoms with Gasteiger partial charge in [0, 0.05) is 23.6 Å². The van der Waals surface area contributed by atoms with E-state index in [0.29, 0.717) is 29.6 Å². The maximum absolute atomic E-state index is 13.0. The van der Waals surface area contributed by atoms with Crippen molar-refractivity contribution in [2.45, 2.75) is 56.4 Å². The molecule has 1 aliphatic rings. The molecular weight excluding hydrogens is 585 g/mol. The molecule has 2 heterocycles. The Morgan fingerprint density at radius 1 is 0.886 bits per heavy atom. The number of imidazole rings is 1. The number of rotatable bonds is 9. The second kappa shape index (κ2) is 12.4. The minimum atomic E-state index is -4.36. The summed E-state index contributed by atoms with van der Waals surface area (Å²) in [4.78, 5) is 22.2. The first-order chi connectivity index (χ1) is 21.2. The quantitative estimate of drug-likeness (QED) is 0.126. The van der Waals surface area contributed by atoms with Gasteiger partial charge in [-0.1, -0.05) is 60.3 Å². The molecular formula is C34H31F3N4O2S. The van der Waals surface area contributed by atoms with E-state index < -0.39 is 11.7 Å². The SMILES string of the molecule is CCn1c(-c2ccc(-c3ccc(C(F)(F)F)cc3)cc2)cnc1Cn1c(SCc2ccc(OC)cc2)nc(=O)c2c1CCC2. The zero-order valence-corrected chi connectivity index (χ0v) is 25.2. The van der Waals surface area contributed by atoms with Gasteiger partial charge in [0.15, 0.2) is 5.16 Å². The summed E-state index contributed by atoms with van der Waals surface area (Å²) in [6.45, 7) is 3.24. The Morgan fingerprint density at radius 3 is 2.18 bits per heavy atom. The molecule has 0 N–H and O–H groups in total. The van der Waals surface area contributed by atoms with Crippen LogP contribution < -0.4 is 10.3 Å². The van der Waals surface area contributed by atoms with Crippen molar-refractivity contribution in [3.8, 4) is 28.1 Å². The van der Waals surface area contributed by atoms with Crippen molar-refractivity contribution in [1.82, 2.24) is 19.1 Å². The Labute approximate surface area is 257 Å². The fourth-order valence-electron chi connectivity index (χ4n) is 5.68. The Hall–Kier alpha value is -4.31. The molecule has 2 aromatic heterocycles. The first-order valence-electron chi connectivity index (χ1n) is 14.5. The number of hydrogen-bond donors (Lipinski definition) is 0. The van der Waals surface area contributed by atoms with Crippen LogP contribution in [0, 0.1) is 0 Å². The third-order valence-corrected chi connectivity index (χ3v) is 9.06. The largest absolute Gasteiger partial charge is 0.497 e. The number of alkyl halides is 3. The van der Waals surface area contributed by atoms with Gasteiger partial charge in [0.05, 0.1) is 31.1 Å². The van der Waals surface area contributed by atoms with Gasteiger partial charge in [0.2, 0.25) is 0 Å². The number of nitrogens with zero attached hydrogens (tertiary/aromatic N) is 4. The van der Waals surface area contributed by atoms with E-state index in [1.807, 2.05) is 54.7 Å².